The van der Waals surface area contributed by atoms with Gasteiger partial charge in [-0.3, -0.25) is 5.01 Å². The van der Waals surface area contributed by atoms with Crippen molar-refractivity contribution in [2.75, 3.05) is 12.1 Å². The third-order valence-electron chi connectivity index (χ3n) is 3.50. The van der Waals surface area contributed by atoms with Crippen LogP contribution in [0.25, 0.3) is 11.4 Å². The molecule has 5 heteroatoms. The number of hydrazone groups is 1. The van der Waals surface area contributed by atoms with Crippen LogP contribution >= 0.6 is 0 Å². The van der Waals surface area contributed by atoms with E-state index in [1.54, 1.807) is 29.4 Å². The fourth-order valence-electron chi connectivity index (χ4n) is 2.25. The molecule has 0 atom stereocenters. The molecule has 0 unspecified atom stereocenters. The predicted octanol–water partition coefficient (Wildman–Crippen LogP) is 3.63. The van der Waals surface area contributed by atoms with Crippen LogP contribution in [0.4, 0.5) is 5.82 Å². The number of phenols is 1. The lowest BCUT2D eigenvalue weighted by Crippen LogP contribution is -2.12. The smallest absolute Gasteiger partial charge is 0.165 e. The van der Waals surface area contributed by atoms with Gasteiger partial charge in [0.2, 0.25) is 0 Å². The summed E-state index contributed by atoms with van der Waals surface area (Å²) in [5.74, 6) is 1.29. The molecule has 1 heterocycles. The highest BCUT2D eigenvalue weighted by molar-refractivity contribution is 5.80. The zero-order valence-corrected chi connectivity index (χ0v) is 13.6. The van der Waals surface area contributed by atoms with Crippen LogP contribution in [0.5, 0.6) is 5.75 Å². The van der Waals surface area contributed by atoms with E-state index < -0.39 is 0 Å². The molecule has 0 spiro atoms. The summed E-state index contributed by atoms with van der Waals surface area (Å²) < 4.78 is 0. The molecule has 0 aliphatic rings. The third kappa shape index (κ3) is 3.57. The highest BCUT2D eigenvalue weighted by Gasteiger charge is 2.10. The summed E-state index contributed by atoms with van der Waals surface area (Å²) in [4.78, 5) is 8.93. The van der Waals surface area contributed by atoms with Gasteiger partial charge in [-0.15, -0.1) is 0 Å². The van der Waals surface area contributed by atoms with Crippen LogP contribution < -0.4 is 5.01 Å². The molecule has 0 radical (unpaired) electrons. The summed E-state index contributed by atoms with van der Waals surface area (Å²) >= 11 is 0. The van der Waals surface area contributed by atoms with Gasteiger partial charge in [0, 0.05) is 18.8 Å². The second-order valence-electron chi connectivity index (χ2n) is 5.39. The Morgan fingerprint density at radius 1 is 1.00 bits per heavy atom. The Labute approximate surface area is 140 Å². The second kappa shape index (κ2) is 6.91. The average Bonchev–Trinajstić information content (AvgIpc) is 2.60. The minimum atomic E-state index is 0.157. The van der Waals surface area contributed by atoms with E-state index in [9.17, 15) is 5.11 Å². The van der Waals surface area contributed by atoms with E-state index >= 15 is 0 Å². The van der Waals surface area contributed by atoms with E-state index in [2.05, 4.69) is 15.1 Å². The molecule has 120 valence electrons. The van der Waals surface area contributed by atoms with Crippen LogP contribution in [0.2, 0.25) is 0 Å². The first-order valence-electron chi connectivity index (χ1n) is 7.60. The lowest BCUT2D eigenvalue weighted by atomic mass is 10.2. The summed E-state index contributed by atoms with van der Waals surface area (Å²) in [5, 5.41) is 16.1. The molecule has 24 heavy (non-hydrogen) atoms. The average molecular weight is 318 g/mol. The molecule has 5 nitrogen and oxygen atoms in total. The molecule has 0 amide bonds. The Morgan fingerprint density at radius 3 is 2.46 bits per heavy atom. The minimum absolute atomic E-state index is 0.157. The topological polar surface area (TPSA) is 61.6 Å². The largest absolute Gasteiger partial charge is 0.507 e. The quantitative estimate of drug-likeness (QED) is 0.589. The van der Waals surface area contributed by atoms with E-state index in [-0.39, 0.29) is 5.75 Å². The standard InChI is InChI=1S/C19H18N4O/c1-14-12-18(23(2)20-13-15-8-4-3-5-9-15)22-19(21-14)16-10-6-7-11-17(16)24/h3-13,24H,1-2H3. The number of hydrogen-bond donors (Lipinski definition) is 1. The minimum Gasteiger partial charge on any atom is -0.507 e. The van der Waals surface area contributed by atoms with Crippen molar-refractivity contribution < 1.29 is 5.11 Å². The number of rotatable bonds is 4. The number of phenolic OH excluding ortho intramolecular Hbond substituents is 1. The molecule has 0 fully saturated rings. The van der Waals surface area contributed by atoms with Gasteiger partial charge < -0.3 is 5.11 Å². The monoisotopic (exact) mass is 318 g/mol. The van der Waals surface area contributed by atoms with E-state index in [1.165, 1.54) is 0 Å². The highest BCUT2D eigenvalue weighted by Crippen LogP contribution is 2.27. The first-order chi connectivity index (χ1) is 11.6. The van der Waals surface area contributed by atoms with Crippen molar-refractivity contribution >= 4 is 12.0 Å². The zero-order chi connectivity index (χ0) is 16.9. The molecule has 3 aromatic rings. The molecule has 1 N–H and O–H groups in total. The van der Waals surface area contributed by atoms with Crippen molar-refractivity contribution in [1.29, 1.82) is 0 Å². The Balaban J connectivity index is 1.91. The molecular weight excluding hydrogens is 300 g/mol. The van der Waals surface area contributed by atoms with Gasteiger partial charge in [0.1, 0.15) is 5.75 Å². The molecule has 0 saturated carbocycles. The molecule has 2 aromatic carbocycles. The maximum atomic E-state index is 10.0. The van der Waals surface area contributed by atoms with Crippen molar-refractivity contribution in [3.8, 4) is 17.1 Å². The van der Waals surface area contributed by atoms with Gasteiger partial charge in [-0.25, -0.2) is 9.97 Å². The second-order valence-corrected chi connectivity index (χ2v) is 5.39. The summed E-state index contributed by atoms with van der Waals surface area (Å²) in [6, 6.07) is 18.7. The summed E-state index contributed by atoms with van der Waals surface area (Å²) in [5.41, 5.74) is 2.42. The SMILES string of the molecule is Cc1cc(N(C)N=Cc2ccccc2)nc(-c2ccccc2O)n1. The van der Waals surface area contributed by atoms with Crippen LogP contribution in [0.15, 0.2) is 65.8 Å². The van der Waals surface area contributed by atoms with E-state index in [4.69, 9.17) is 0 Å². The summed E-state index contributed by atoms with van der Waals surface area (Å²) in [7, 11) is 1.83. The van der Waals surface area contributed by atoms with Crippen LogP contribution in [0, 0.1) is 6.92 Å². The normalized spacial score (nSPS) is 10.9. The highest BCUT2D eigenvalue weighted by atomic mass is 16.3. The lowest BCUT2D eigenvalue weighted by molar-refractivity contribution is 0.477. The molecule has 0 aliphatic heterocycles. The predicted molar refractivity (Wildman–Crippen MR) is 96.3 cm³/mol. The van der Waals surface area contributed by atoms with Crippen LogP contribution in [0.3, 0.4) is 0 Å². The van der Waals surface area contributed by atoms with Crippen molar-refractivity contribution in [2.24, 2.45) is 5.10 Å². The number of nitrogens with zero attached hydrogens (tertiary/aromatic N) is 4. The van der Waals surface area contributed by atoms with E-state index in [1.807, 2.05) is 56.4 Å². The zero-order valence-electron chi connectivity index (χ0n) is 13.6. The first-order valence-corrected chi connectivity index (χ1v) is 7.60. The number of benzene rings is 2. The molecule has 3 rings (SSSR count). The Kier molecular flexibility index (Phi) is 4.52. The number of para-hydroxylation sites is 1. The van der Waals surface area contributed by atoms with Crippen LogP contribution in [-0.4, -0.2) is 28.3 Å². The van der Waals surface area contributed by atoms with Crippen molar-refractivity contribution in [3.05, 3.63) is 71.9 Å². The van der Waals surface area contributed by atoms with Crippen molar-refractivity contribution in [1.82, 2.24) is 9.97 Å². The number of anilines is 1. The van der Waals surface area contributed by atoms with Gasteiger partial charge in [0.05, 0.1) is 11.8 Å². The fraction of sp³-hybridized carbons (Fsp3) is 0.105. The van der Waals surface area contributed by atoms with Crippen molar-refractivity contribution in [3.63, 3.8) is 0 Å². The molecule has 0 aliphatic carbocycles. The van der Waals surface area contributed by atoms with Crippen molar-refractivity contribution in [2.45, 2.75) is 6.92 Å². The Hall–Kier alpha value is -3.21. The molecule has 0 saturated heterocycles. The number of aromatic hydroxyl groups is 1. The number of aryl methyl sites for hydroxylation is 1. The first kappa shape index (κ1) is 15.7. The Bertz CT molecular complexity index is 862. The van der Waals surface area contributed by atoms with E-state index in [0.29, 0.717) is 17.2 Å². The fourth-order valence-corrected chi connectivity index (χ4v) is 2.25. The third-order valence-corrected chi connectivity index (χ3v) is 3.50. The van der Waals surface area contributed by atoms with Gasteiger partial charge in [-0.1, -0.05) is 42.5 Å². The van der Waals surface area contributed by atoms with Gasteiger partial charge in [-0.05, 0) is 24.6 Å². The van der Waals surface area contributed by atoms with E-state index in [0.717, 1.165) is 11.3 Å². The van der Waals surface area contributed by atoms with Gasteiger partial charge in [0.25, 0.3) is 0 Å². The maximum Gasteiger partial charge on any atom is 0.165 e. The van der Waals surface area contributed by atoms with Gasteiger partial charge >= 0.3 is 0 Å². The maximum absolute atomic E-state index is 10.0. The number of hydrogen-bond acceptors (Lipinski definition) is 5. The summed E-state index contributed by atoms with van der Waals surface area (Å²) in [6.07, 6.45) is 1.77. The lowest BCUT2D eigenvalue weighted by Gasteiger charge is -2.14. The molecular formula is C19H18N4O. The van der Waals surface area contributed by atoms with Gasteiger partial charge in [0.15, 0.2) is 11.6 Å². The molecule has 0 bridgehead atoms. The van der Waals surface area contributed by atoms with Gasteiger partial charge in [-0.2, -0.15) is 5.10 Å². The summed E-state index contributed by atoms with van der Waals surface area (Å²) in [6.45, 7) is 1.89. The number of aromatic nitrogens is 2. The van der Waals surface area contributed by atoms with Crippen LogP contribution in [-0.2, 0) is 0 Å². The van der Waals surface area contributed by atoms with Crippen LogP contribution in [0.1, 0.15) is 11.3 Å². The Morgan fingerprint density at radius 2 is 1.71 bits per heavy atom. The molecule has 1 aromatic heterocycles.